The molecule has 0 atom stereocenters. The summed E-state index contributed by atoms with van der Waals surface area (Å²) in [4.78, 5) is 29.2. The third-order valence-corrected chi connectivity index (χ3v) is 2.57. The smallest absolute Gasteiger partial charge is 0.331 e. The van der Waals surface area contributed by atoms with E-state index in [4.69, 9.17) is 0 Å². The molecule has 0 fully saturated rings. The molecular formula is C10H13N5O3. The Labute approximate surface area is 102 Å². The van der Waals surface area contributed by atoms with E-state index < -0.39 is 11.2 Å². The molecule has 0 aliphatic rings. The Morgan fingerprint density at radius 3 is 2.72 bits per heavy atom. The van der Waals surface area contributed by atoms with E-state index in [-0.39, 0.29) is 18.0 Å². The molecular weight excluding hydrogens is 238 g/mol. The van der Waals surface area contributed by atoms with Gasteiger partial charge in [0.05, 0.1) is 12.1 Å². The van der Waals surface area contributed by atoms with Gasteiger partial charge >= 0.3 is 5.69 Å². The summed E-state index contributed by atoms with van der Waals surface area (Å²) in [6.07, 6.45) is 1.82. The first kappa shape index (κ1) is 12.1. The lowest BCUT2D eigenvalue weighted by Gasteiger charge is -2.08. The maximum absolute atomic E-state index is 11.6. The number of hydrogen-bond acceptors (Lipinski definition) is 5. The average Bonchev–Trinajstić information content (AvgIpc) is 2.70. The summed E-state index contributed by atoms with van der Waals surface area (Å²) in [5.41, 5.74) is -1.07. The van der Waals surface area contributed by atoms with Crippen LogP contribution in [-0.2, 0) is 20.0 Å². The second-order valence-corrected chi connectivity index (χ2v) is 3.84. The van der Waals surface area contributed by atoms with Crippen LogP contribution in [0.15, 0.2) is 15.9 Å². The predicted octanol–water partition coefficient (Wildman–Crippen LogP) is -1.02. The third-order valence-electron chi connectivity index (χ3n) is 2.57. The van der Waals surface area contributed by atoms with Gasteiger partial charge < -0.3 is 5.11 Å². The van der Waals surface area contributed by atoms with Crippen LogP contribution in [0.2, 0.25) is 0 Å². The zero-order chi connectivity index (χ0) is 13.3. The van der Waals surface area contributed by atoms with Gasteiger partial charge in [-0.1, -0.05) is 6.92 Å². The minimum absolute atomic E-state index is 0.00921. The zero-order valence-electron chi connectivity index (χ0n) is 10.0. The minimum atomic E-state index is -0.679. The summed E-state index contributed by atoms with van der Waals surface area (Å²) < 4.78 is 2.53. The number of nitrogens with zero attached hydrogens (tertiary/aromatic N) is 4. The van der Waals surface area contributed by atoms with E-state index in [1.807, 2.05) is 0 Å². The van der Waals surface area contributed by atoms with Crippen LogP contribution in [-0.4, -0.2) is 29.4 Å². The van der Waals surface area contributed by atoms with Crippen molar-refractivity contribution >= 4 is 0 Å². The van der Waals surface area contributed by atoms with Gasteiger partial charge in [-0.2, -0.15) is 5.10 Å². The Bertz CT molecular complexity index is 682. The van der Waals surface area contributed by atoms with Crippen molar-refractivity contribution in [2.24, 2.45) is 7.05 Å². The summed E-state index contributed by atoms with van der Waals surface area (Å²) >= 11 is 0. The van der Waals surface area contributed by atoms with Gasteiger partial charge in [0.25, 0.3) is 5.56 Å². The molecule has 0 saturated carbocycles. The summed E-state index contributed by atoms with van der Waals surface area (Å²) in [5.74, 6) is 0.0442. The lowest BCUT2D eigenvalue weighted by Crippen LogP contribution is -2.32. The molecule has 0 aromatic carbocycles. The van der Waals surface area contributed by atoms with Crippen molar-refractivity contribution in [3.8, 4) is 5.88 Å². The monoisotopic (exact) mass is 251 g/mol. The SMILES string of the molecule is CCc1c(O)n(Cc2ncn(C)n2)c(=O)[nH]c1=O. The Morgan fingerprint density at radius 1 is 1.44 bits per heavy atom. The summed E-state index contributed by atoms with van der Waals surface area (Å²) in [7, 11) is 1.70. The van der Waals surface area contributed by atoms with E-state index in [2.05, 4.69) is 15.1 Å². The number of rotatable bonds is 3. The molecule has 0 unspecified atom stereocenters. The number of aryl methyl sites for hydroxylation is 1. The number of aromatic nitrogens is 5. The van der Waals surface area contributed by atoms with Crippen LogP contribution in [0.3, 0.4) is 0 Å². The van der Waals surface area contributed by atoms with Gasteiger partial charge in [0.15, 0.2) is 5.82 Å². The molecule has 0 aliphatic heterocycles. The fraction of sp³-hybridized carbons (Fsp3) is 0.400. The van der Waals surface area contributed by atoms with Crippen LogP contribution >= 0.6 is 0 Å². The molecule has 8 heteroatoms. The molecule has 0 aliphatic carbocycles. The molecule has 0 bridgehead atoms. The summed E-state index contributed by atoms with van der Waals surface area (Å²) in [5, 5.41) is 13.9. The average molecular weight is 251 g/mol. The Hall–Kier alpha value is -2.38. The molecule has 2 aromatic heterocycles. The van der Waals surface area contributed by atoms with Gasteiger partial charge in [0, 0.05) is 7.05 Å². The van der Waals surface area contributed by atoms with Crippen molar-refractivity contribution in [3.63, 3.8) is 0 Å². The van der Waals surface area contributed by atoms with E-state index in [9.17, 15) is 14.7 Å². The van der Waals surface area contributed by atoms with Gasteiger partial charge in [0.2, 0.25) is 5.88 Å². The molecule has 2 heterocycles. The minimum Gasteiger partial charge on any atom is -0.494 e. The van der Waals surface area contributed by atoms with E-state index in [1.54, 1.807) is 14.0 Å². The lowest BCUT2D eigenvalue weighted by molar-refractivity contribution is 0.399. The molecule has 8 nitrogen and oxygen atoms in total. The van der Waals surface area contributed by atoms with Crippen molar-refractivity contribution in [1.82, 2.24) is 24.3 Å². The lowest BCUT2D eigenvalue weighted by atomic mass is 10.2. The Kier molecular flexibility index (Phi) is 3.00. The van der Waals surface area contributed by atoms with Gasteiger partial charge in [-0.15, -0.1) is 0 Å². The van der Waals surface area contributed by atoms with E-state index >= 15 is 0 Å². The fourth-order valence-electron chi connectivity index (χ4n) is 1.66. The third kappa shape index (κ3) is 2.04. The van der Waals surface area contributed by atoms with Gasteiger partial charge in [-0.3, -0.25) is 19.0 Å². The van der Waals surface area contributed by atoms with Crippen molar-refractivity contribution in [3.05, 3.63) is 38.6 Å². The first-order valence-electron chi connectivity index (χ1n) is 5.42. The number of aromatic hydroxyl groups is 1. The van der Waals surface area contributed by atoms with Crippen LogP contribution in [0.4, 0.5) is 0 Å². The standard InChI is InChI=1S/C10H13N5O3/c1-3-6-8(16)12-10(18)15(9(6)17)4-7-11-5-14(2)13-7/h5,17H,3-4H2,1-2H3,(H,12,16,18). The normalized spacial score (nSPS) is 10.8. The van der Waals surface area contributed by atoms with Crippen LogP contribution in [0.25, 0.3) is 0 Å². The molecule has 2 rings (SSSR count). The maximum Gasteiger partial charge on any atom is 0.331 e. The predicted molar refractivity (Wildman–Crippen MR) is 62.5 cm³/mol. The van der Waals surface area contributed by atoms with Gasteiger partial charge in [-0.25, -0.2) is 9.78 Å². The van der Waals surface area contributed by atoms with Crippen LogP contribution in [0.5, 0.6) is 5.88 Å². The van der Waals surface area contributed by atoms with Crippen LogP contribution in [0, 0.1) is 0 Å². The maximum atomic E-state index is 11.6. The van der Waals surface area contributed by atoms with Crippen molar-refractivity contribution in [2.75, 3.05) is 0 Å². The first-order chi connectivity index (χ1) is 8.52. The highest BCUT2D eigenvalue weighted by Crippen LogP contribution is 2.11. The van der Waals surface area contributed by atoms with E-state index in [0.717, 1.165) is 4.57 Å². The van der Waals surface area contributed by atoms with E-state index in [0.29, 0.717) is 12.2 Å². The largest absolute Gasteiger partial charge is 0.494 e. The highest BCUT2D eigenvalue weighted by molar-refractivity contribution is 5.22. The van der Waals surface area contributed by atoms with Crippen molar-refractivity contribution in [1.29, 1.82) is 0 Å². The molecule has 2 N–H and O–H groups in total. The highest BCUT2D eigenvalue weighted by Gasteiger charge is 2.13. The molecule has 0 amide bonds. The number of H-pyrrole nitrogens is 1. The van der Waals surface area contributed by atoms with Gasteiger partial charge in [-0.05, 0) is 6.42 Å². The van der Waals surface area contributed by atoms with Crippen LogP contribution < -0.4 is 11.2 Å². The van der Waals surface area contributed by atoms with Crippen molar-refractivity contribution < 1.29 is 5.11 Å². The fourth-order valence-corrected chi connectivity index (χ4v) is 1.66. The molecule has 0 saturated heterocycles. The molecule has 0 radical (unpaired) electrons. The van der Waals surface area contributed by atoms with E-state index in [1.165, 1.54) is 11.0 Å². The van der Waals surface area contributed by atoms with Gasteiger partial charge in [0.1, 0.15) is 6.33 Å². The zero-order valence-corrected chi connectivity index (χ0v) is 10.0. The number of aromatic amines is 1. The highest BCUT2D eigenvalue weighted by atomic mass is 16.3. The second kappa shape index (κ2) is 4.47. The Morgan fingerprint density at radius 2 is 2.17 bits per heavy atom. The number of hydrogen-bond donors (Lipinski definition) is 2. The number of nitrogens with one attached hydrogen (secondary N) is 1. The molecule has 0 spiro atoms. The van der Waals surface area contributed by atoms with Crippen molar-refractivity contribution in [2.45, 2.75) is 19.9 Å². The van der Waals surface area contributed by atoms with Crippen LogP contribution in [0.1, 0.15) is 18.3 Å². The quantitative estimate of drug-likeness (QED) is 0.726. The Balaban J connectivity index is 2.51. The summed E-state index contributed by atoms with van der Waals surface area (Å²) in [6.45, 7) is 1.73. The molecule has 96 valence electrons. The molecule has 18 heavy (non-hydrogen) atoms. The summed E-state index contributed by atoms with van der Waals surface area (Å²) in [6, 6.07) is 0. The molecule has 2 aromatic rings. The first-order valence-corrected chi connectivity index (χ1v) is 5.42. The topological polar surface area (TPSA) is 106 Å². The second-order valence-electron chi connectivity index (χ2n) is 3.84.